The molecule has 0 unspecified atom stereocenters. The number of benzene rings is 1. The molecular formula is C19H18N6O4S. The van der Waals surface area contributed by atoms with Crippen molar-refractivity contribution in [1.29, 1.82) is 5.26 Å². The standard InChI is InChI=1S/C19H18N6O4S/c1-12(2)10-24-18(16-4-3-7-29-16)22-23-19(24)30-11-17(26)21-15-6-5-14(25(27)28)8-13(15)9-20/h3-8,12H,10-11H2,1-2H3,(H,21,26). The lowest BCUT2D eigenvalue weighted by Crippen LogP contribution is -2.16. The molecule has 0 aliphatic rings. The van der Waals surface area contributed by atoms with Crippen LogP contribution >= 0.6 is 11.8 Å². The smallest absolute Gasteiger partial charge is 0.270 e. The summed E-state index contributed by atoms with van der Waals surface area (Å²) < 4.78 is 7.32. The van der Waals surface area contributed by atoms with Gasteiger partial charge in [0.2, 0.25) is 5.91 Å². The van der Waals surface area contributed by atoms with Crippen molar-refractivity contribution in [3.8, 4) is 17.7 Å². The summed E-state index contributed by atoms with van der Waals surface area (Å²) in [7, 11) is 0. The number of nitro groups is 1. The molecule has 3 rings (SSSR count). The van der Waals surface area contributed by atoms with Gasteiger partial charge >= 0.3 is 0 Å². The SMILES string of the molecule is CC(C)Cn1c(SCC(=O)Nc2ccc([N+](=O)[O-])cc2C#N)nnc1-c1ccco1. The van der Waals surface area contributed by atoms with Crippen LogP contribution in [-0.2, 0) is 11.3 Å². The molecule has 0 saturated heterocycles. The molecule has 0 aliphatic heterocycles. The second-order valence-corrected chi connectivity index (χ2v) is 7.67. The van der Waals surface area contributed by atoms with Crippen molar-refractivity contribution in [2.24, 2.45) is 5.92 Å². The van der Waals surface area contributed by atoms with E-state index in [0.29, 0.717) is 29.2 Å². The average Bonchev–Trinajstić information content (AvgIpc) is 3.36. The van der Waals surface area contributed by atoms with Crippen LogP contribution in [0.15, 0.2) is 46.2 Å². The summed E-state index contributed by atoms with van der Waals surface area (Å²) in [5.74, 6) is 1.14. The molecule has 0 spiro atoms. The Kier molecular flexibility index (Phi) is 6.48. The second kappa shape index (κ2) is 9.23. The summed E-state index contributed by atoms with van der Waals surface area (Å²) in [4.78, 5) is 22.6. The molecule has 1 N–H and O–H groups in total. The van der Waals surface area contributed by atoms with Crippen LogP contribution in [0.25, 0.3) is 11.6 Å². The summed E-state index contributed by atoms with van der Waals surface area (Å²) in [5.41, 5.74) is 0.0189. The Morgan fingerprint density at radius 3 is 2.83 bits per heavy atom. The number of carbonyl (C=O) groups is 1. The fraction of sp³-hybridized carbons (Fsp3) is 0.263. The number of nitriles is 1. The van der Waals surface area contributed by atoms with Crippen LogP contribution in [0.2, 0.25) is 0 Å². The van der Waals surface area contributed by atoms with Gasteiger partial charge in [-0.15, -0.1) is 10.2 Å². The molecule has 3 aromatic rings. The highest BCUT2D eigenvalue weighted by molar-refractivity contribution is 7.99. The zero-order valence-corrected chi connectivity index (χ0v) is 17.0. The molecule has 0 bridgehead atoms. The van der Waals surface area contributed by atoms with Crippen molar-refractivity contribution in [2.45, 2.75) is 25.5 Å². The Hall–Kier alpha value is -3.65. The second-order valence-electron chi connectivity index (χ2n) is 6.72. The van der Waals surface area contributed by atoms with E-state index in [-0.39, 0.29) is 28.6 Å². The number of nitrogens with zero attached hydrogens (tertiary/aromatic N) is 5. The van der Waals surface area contributed by atoms with Crippen molar-refractivity contribution in [3.05, 3.63) is 52.3 Å². The number of aromatic nitrogens is 3. The fourth-order valence-corrected chi connectivity index (χ4v) is 3.42. The molecule has 0 saturated carbocycles. The topological polar surface area (TPSA) is 140 Å². The molecule has 154 valence electrons. The zero-order valence-electron chi connectivity index (χ0n) is 16.2. The van der Waals surface area contributed by atoms with Gasteiger partial charge in [-0.3, -0.25) is 19.5 Å². The van der Waals surface area contributed by atoms with Gasteiger partial charge in [0.1, 0.15) is 6.07 Å². The number of amides is 1. The van der Waals surface area contributed by atoms with Crippen molar-refractivity contribution >= 4 is 29.0 Å². The Morgan fingerprint density at radius 1 is 1.40 bits per heavy atom. The van der Waals surface area contributed by atoms with E-state index in [2.05, 4.69) is 29.4 Å². The first kappa shape index (κ1) is 21.1. The molecule has 1 aromatic carbocycles. The van der Waals surface area contributed by atoms with Crippen LogP contribution in [-0.4, -0.2) is 31.3 Å². The van der Waals surface area contributed by atoms with Gasteiger partial charge in [-0.2, -0.15) is 5.26 Å². The van der Waals surface area contributed by atoms with Gasteiger partial charge in [0.05, 0.1) is 28.2 Å². The highest BCUT2D eigenvalue weighted by Crippen LogP contribution is 2.26. The van der Waals surface area contributed by atoms with E-state index in [0.717, 1.165) is 6.07 Å². The van der Waals surface area contributed by atoms with Crippen molar-refractivity contribution in [1.82, 2.24) is 14.8 Å². The maximum Gasteiger partial charge on any atom is 0.270 e. The van der Waals surface area contributed by atoms with E-state index in [9.17, 15) is 20.2 Å². The van der Waals surface area contributed by atoms with Gasteiger partial charge < -0.3 is 9.73 Å². The van der Waals surface area contributed by atoms with Gasteiger partial charge in [0.25, 0.3) is 5.69 Å². The maximum atomic E-state index is 12.4. The molecule has 2 heterocycles. The molecule has 2 aromatic heterocycles. The summed E-state index contributed by atoms with van der Waals surface area (Å²) in [5, 5.41) is 31.6. The summed E-state index contributed by atoms with van der Waals surface area (Å²) in [6.45, 7) is 4.77. The average molecular weight is 426 g/mol. The van der Waals surface area contributed by atoms with Gasteiger partial charge in [-0.05, 0) is 24.1 Å². The first-order chi connectivity index (χ1) is 14.4. The number of carbonyl (C=O) groups excluding carboxylic acids is 1. The summed E-state index contributed by atoms with van der Waals surface area (Å²) in [6, 6.07) is 9.11. The van der Waals surface area contributed by atoms with E-state index in [1.54, 1.807) is 18.4 Å². The number of furan rings is 1. The van der Waals surface area contributed by atoms with Crippen molar-refractivity contribution < 1.29 is 14.1 Å². The van der Waals surface area contributed by atoms with Gasteiger partial charge in [-0.1, -0.05) is 25.6 Å². The molecule has 0 aliphatic carbocycles. The number of nitrogens with one attached hydrogen (secondary N) is 1. The first-order valence-electron chi connectivity index (χ1n) is 8.97. The predicted octanol–water partition coefficient (Wildman–Crippen LogP) is 3.70. The Labute approximate surface area is 176 Å². The highest BCUT2D eigenvalue weighted by Gasteiger charge is 2.19. The summed E-state index contributed by atoms with van der Waals surface area (Å²) in [6.07, 6.45) is 1.56. The number of hydrogen-bond donors (Lipinski definition) is 1. The fourth-order valence-electron chi connectivity index (χ4n) is 2.68. The number of hydrogen-bond acceptors (Lipinski definition) is 8. The highest BCUT2D eigenvalue weighted by atomic mass is 32.2. The lowest BCUT2D eigenvalue weighted by atomic mass is 10.1. The van der Waals surface area contributed by atoms with Gasteiger partial charge in [0, 0.05) is 18.7 Å². The summed E-state index contributed by atoms with van der Waals surface area (Å²) >= 11 is 1.20. The zero-order chi connectivity index (χ0) is 21.7. The van der Waals surface area contributed by atoms with E-state index >= 15 is 0 Å². The predicted molar refractivity (Wildman–Crippen MR) is 110 cm³/mol. The molecule has 1 amide bonds. The van der Waals surface area contributed by atoms with E-state index < -0.39 is 4.92 Å². The lowest BCUT2D eigenvalue weighted by molar-refractivity contribution is -0.384. The monoisotopic (exact) mass is 426 g/mol. The minimum atomic E-state index is -0.597. The molecule has 0 radical (unpaired) electrons. The van der Waals surface area contributed by atoms with E-state index in [1.165, 1.54) is 23.9 Å². The van der Waals surface area contributed by atoms with Crippen LogP contribution in [0, 0.1) is 27.4 Å². The molecular weight excluding hydrogens is 408 g/mol. The quantitative estimate of drug-likeness (QED) is 0.327. The molecule has 0 atom stereocenters. The Balaban J connectivity index is 1.72. The maximum absolute atomic E-state index is 12.4. The van der Waals surface area contributed by atoms with E-state index in [4.69, 9.17) is 4.42 Å². The molecule has 0 fully saturated rings. The molecule has 10 nitrogen and oxygen atoms in total. The number of thioether (sulfide) groups is 1. The first-order valence-corrected chi connectivity index (χ1v) is 9.96. The van der Waals surface area contributed by atoms with Crippen molar-refractivity contribution in [2.75, 3.05) is 11.1 Å². The minimum Gasteiger partial charge on any atom is -0.461 e. The third kappa shape index (κ3) is 4.84. The van der Waals surface area contributed by atoms with Crippen LogP contribution in [0.5, 0.6) is 0 Å². The van der Waals surface area contributed by atoms with Gasteiger partial charge in [0.15, 0.2) is 16.7 Å². The lowest BCUT2D eigenvalue weighted by Gasteiger charge is -2.11. The normalized spacial score (nSPS) is 10.7. The third-order valence-corrected chi connectivity index (χ3v) is 4.91. The van der Waals surface area contributed by atoms with E-state index in [1.807, 2.05) is 10.6 Å². The van der Waals surface area contributed by atoms with Crippen LogP contribution < -0.4 is 5.32 Å². The number of non-ortho nitro benzene ring substituents is 1. The van der Waals surface area contributed by atoms with Crippen LogP contribution in [0.1, 0.15) is 19.4 Å². The largest absolute Gasteiger partial charge is 0.461 e. The Bertz CT molecular complexity index is 1100. The Morgan fingerprint density at radius 2 is 2.20 bits per heavy atom. The molecule has 11 heteroatoms. The van der Waals surface area contributed by atoms with Crippen LogP contribution in [0.3, 0.4) is 0 Å². The number of rotatable bonds is 8. The molecule has 30 heavy (non-hydrogen) atoms. The van der Waals surface area contributed by atoms with Crippen LogP contribution in [0.4, 0.5) is 11.4 Å². The van der Waals surface area contributed by atoms with Gasteiger partial charge in [-0.25, -0.2) is 0 Å². The van der Waals surface area contributed by atoms with Crippen molar-refractivity contribution in [3.63, 3.8) is 0 Å². The minimum absolute atomic E-state index is 0.0191. The third-order valence-electron chi connectivity index (χ3n) is 3.95. The number of nitro benzene ring substituents is 1. The number of anilines is 1.